The molecular weight excluding hydrogens is 402 g/mol. The van der Waals surface area contributed by atoms with Gasteiger partial charge in [0.05, 0.1) is 6.54 Å². The number of hydrogen-bond acceptors (Lipinski definition) is 4. The van der Waals surface area contributed by atoms with Crippen LogP contribution in [0.1, 0.15) is 59.5 Å². The Morgan fingerprint density at radius 3 is 2.06 bits per heavy atom. The van der Waals surface area contributed by atoms with Gasteiger partial charge in [0.15, 0.2) is 0 Å². The molecule has 4 fully saturated rings. The van der Waals surface area contributed by atoms with Gasteiger partial charge in [-0.1, -0.05) is 59.9 Å². The molecule has 0 N–H and O–H groups in total. The zero-order valence-corrected chi connectivity index (χ0v) is 18.4. The van der Waals surface area contributed by atoms with Gasteiger partial charge in [-0.2, -0.15) is 0 Å². The van der Waals surface area contributed by atoms with Crippen molar-refractivity contribution >= 4 is 22.4 Å². The minimum atomic E-state index is -0.0161. The van der Waals surface area contributed by atoms with Crippen LogP contribution in [0.2, 0.25) is 0 Å². The third-order valence-corrected chi connectivity index (χ3v) is 8.78. The quantitative estimate of drug-likeness (QED) is 0.511. The summed E-state index contributed by atoms with van der Waals surface area (Å²) in [4.78, 5) is 15.3. The lowest BCUT2D eigenvalue weighted by molar-refractivity contribution is -0.00555. The lowest BCUT2D eigenvalue weighted by Gasteiger charge is -2.55. The summed E-state index contributed by atoms with van der Waals surface area (Å²) < 4.78 is 0. The van der Waals surface area contributed by atoms with E-state index in [9.17, 15) is 4.79 Å². The molecule has 31 heavy (non-hydrogen) atoms. The van der Waals surface area contributed by atoms with Crippen LogP contribution in [0, 0.1) is 17.8 Å². The number of benzene rings is 2. The van der Waals surface area contributed by atoms with Crippen molar-refractivity contribution in [1.29, 1.82) is 0 Å². The van der Waals surface area contributed by atoms with Crippen molar-refractivity contribution in [3.8, 4) is 0 Å². The predicted molar refractivity (Wildman–Crippen MR) is 123 cm³/mol. The third kappa shape index (κ3) is 3.49. The maximum absolute atomic E-state index is 13.5. The molecule has 0 aliphatic heterocycles. The number of amides is 1. The van der Waals surface area contributed by atoms with E-state index in [0.29, 0.717) is 12.1 Å². The normalized spacial score (nSPS) is 28.6. The van der Waals surface area contributed by atoms with E-state index < -0.39 is 0 Å². The number of carbonyl (C=O) groups is 1. The van der Waals surface area contributed by atoms with Crippen molar-refractivity contribution in [3.05, 3.63) is 76.8 Å². The molecule has 1 amide bonds. The van der Waals surface area contributed by atoms with E-state index in [-0.39, 0.29) is 11.3 Å². The van der Waals surface area contributed by atoms with Crippen molar-refractivity contribution < 1.29 is 4.79 Å². The Morgan fingerprint density at radius 2 is 1.45 bits per heavy atom. The second kappa shape index (κ2) is 7.56. The molecular formula is C26H27N3OS. The van der Waals surface area contributed by atoms with Gasteiger partial charge in [-0.25, -0.2) is 0 Å². The summed E-state index contributed by atoms with van der Waals surface area (Å²) in [5, 5.41) is 11.2. The van der Waals surface area contributed by atoms with Crippen molar-refractivity contribution in [2.75, 3.05) is 4.90 Å². The number of carbonyl (C=O) groups excluding carboxylic acids is 1. The Bertz CT molecular complexity index is 1040. The Morgan fingerprint density at radius 1 is 0.871 bits per heavy atom. The first kappa shape index (κ1) is 19.2. The fourth-order valence-corrected chi connectivity index (χ4v) is 7.70. The fraction of sp³-hybridized carbons (Fsp3) is 0.423. The molecule has 1 aromatic heterocycles. The highest BCUT2D eigenvalue weighted by molar-refractivity contribution is 7.15. The number of anilines is 1. The average molecular weight is 430 g/mol. The molecule has 5 heteroatoms. The van der Waals surface area contributed by atoms with Gasteiger partial charge in [-0.05, 0) is 74.0 Å². The second-order valence-corrected chi connectivity index (χ2v) is 10.8. The first-order valence-electron chi connectivity index (χ1n) is 11.4. The van der Waals surface area contributed by atoms with Crippen LogP contribution in [0.3, 0.4) is 0 Å². The molecule has 1 heterocycles. The van der Waals surface area contributed by atoms with Gasteiger partial charge >= 0.3 is 0 Å². The van der Waals surface area contributed by atoms with Crippen LogP contribution in [-0.2, 0) is 12.0 Å². The molecule has 7 rings (SSSR count). The number of rotatable bonds is 5. The van der Waals surface area contributed by atoms with Crippen molar-refractivity contribution in [3.63, 3.8) is 0 Å². The summed E-state index contributed by atoms with van der Waals surface area (Å²) in [6.45, 7) is 0.504. The Kier molecular flexibility index (Phi) is 4.67. The summed E-state index contributed by atoms with van der Waals surface area (Å²) in [5.41, 5.74) is 1.99. The zero-order chi connectivity index (χ0) is 20.8. The average Bonchev–Trinajstić information content (AvgIpc) is 3.28. The molecule has 4 saturated carbocycles. The van der Waals surface area contributed by atoms with Crippen LogP contribution in [0.4, 0.5) is 5.13 Å². The summed E-state index contributed by atoms with van der Waals surface area (Å²) in [6.07, 6.45) is 8.03. The maximum Gasteiger partial charge on any atom is 0.260 e. The Balaban J connectivity index is 1.34. The second-order valence-electron chi connectivity index (χ2n) is 9.83. The Hall–Kier alpha value is -2.53. The molecule has 4 aliphatic carbocycles. The van der Waals surface area contributed by atoms with E-state index in [2.05, 4.69) is 17.2 Å². The highest BCUT2D eigenvalue weighted by Gasteiger charge is 2.53. The standard InChI is InChI=1S/C26H27N3OS/c30-23(22-9-5-2-6-10-22)29(17-18-7-3-1-4-8-18)25-28-27-24(31-25)26-14-19-11-20(15-26)13-21(12-19)16-26/h1-10,19-21H,11-17H2. The van der Waals surface area contributed by atoms with Crippen molar-refractivity contribution in [2.45, 2.75) is 50.5 Å². The summed E-state index contributed by atoms with van der Waals surface area (Å²) >= 11 is 1.65. The maximum atomic E-state index is 13.5. The molecule has 0 atom stereocenters. The van der Waals surface area contributed by atoms with Gasteiger partial charge in [-0.15, -0.1) is 10.2 Å². The SMILES string of the molecule is O=C(c1ccccc1)N(Cc1ccccc1)c1nnc(C23CC4CC(CC(C4)C2)C3)s1. The van der Waals surface area contributed by atoms with Gasteiger partial charge in [-0.3, -0.25) is 9.69 Å². The fourth-order valence-electron chi connectivity index (χ4n) is 6.64. The lowest BCUT2D eigenvalue weighted by atomic mass is 9.50. The number of aromatic nitrogens is 2. The van der Waals surface area contributed by atoms with Crippen LogP contribution < -0.4 is 4.90 Å². The van der Waals surface area contributed by atoms with E-state index in [4.69, 9.17) is 5.10 Å². The van der Waals surface area contributed by atoms with E-state index >= 15 is 0 Å². The molecule has 4 aliphatic rings. The molecule has 4 nitrogen and oxygen atoms in total. The molecule has 0 saturated heterocycles. The minimum absolute atomic E-state index is 0.0161. The molecule has 158 valence electrons. The number of nitrogens with zero attached hydrogens (tertiary/aromatic N) is 3. The van der Waals surface area contributed by atoms with E-state index in [1.54, 1.807) is 11.3 Å². The molecule has 0 unspecified atom stereocenters. The molecule has 3 aromatic rings. The smallest absolute Gasteiger partial charge is 0.260 e. The van der Waals surface area contributed by atoms with Gasteiger partial charge in [0.1, 0.15) is 5.01 Å². The summed E-state index contributed by atoms with van der Waals surface area (Å²) in [7, 11) is 0. The first-order chi connectivity index (χ1) is 15.2. The predicted octanol–water partition coefficient (Wildman–Crippen LogP) is 5.85. The van der Waals surface area contributed by atoms with Gasteiger partial charge < -0.3 is 0 Å². The Labute approximate surface area is 187 Å². The van der Waals surface area contributed by atoms with Crippen LogP contribution in [0.15, 0.2) is 60.7 Å². The summed E-state index contributed by atoms with van der Waals surface area (Å²) in [5.74, 6) is 2.58. The highest BCUT2D eigenvalue weighted by Crippen LogP contribution is 2.61. The highest BCUT2D eigenvalue weighted by atomic mass is 32.1. The van der Waals surface area contributed by atoms with Crippen LogP contribution in [0.5, 0.6) is 0 Å². The van der Waals surface area contributed by atoms with Crippen molar-refractivity contribution in [2.24, 2.45) is 17.8 Å². The third-order valence-electron chi connectivity index (χ3n) is 7.59. The molecule has 0 radical (unpaired) electrons. The van der Waals surface area contributed by atoms with Crippen LogP contribution in [-0.4, -0.2) is 16.1 Å². The van der Waals surface area contributed by atoms with E-state index in [1.807, 2.05) is 53.4 Å². The molecule has 2 aromatic carbocycles. The minimum Gasteiger partial charge on any atom is -0.278 e. The lowest BCUT2D eigenvalue weighted by Crippen LogP contribution is -2.48. The molecule has 0 spiro atoms. The van der Waals surface area contributed by atoms with Gasteiger partial charge in [0.25, 0.3) is 5.91 Å². The van der Waals surface area contributed by atoms with Gasteiger partial charge in [0.2, 0.25) is 5.13 Å². The van der Waals surface area contributed by atoms with Crippen molar-refractivity contribution in [1.82, 2.24) is 10.2 Å². The van der Waals surface area contributed by atoms with E-state index in [0.717, 1.165) is 28.4 Å². The topological polar surface area (TPSA) is 46.1 Å². The van der Waals surface area contributed by atoms with Gasteiger partial charge in [0, 0.05) is 11.0 Å². The largest absolute Gasteiger partial charge is 0.278 e. The zero-order valence-electron chi connectivity index (χ0n) is 17.6. The van der Waals surface area contributed by atoms with Crippen LogP contribution in [0.25, 0.3) is 0 Å². The monoisotopic (exact) mass is 429 g/mol. The molecule has 4 bridgehead atoms. The van der Waals surface area contributed by atoms with Crippen LogP contribution >= 0.6 is 11.3 Å². The number of hydrogen-bond donors (Lipinski definition) is 0. The first-order valence-corrected chi connectivity index (χ1v) is 12.2. The van der Waals surface area contributed by atoms with E-state index in [1.165, 1.54) is 43.5 Å². The summed E-state index contributed by atoms with van der Waals surface area (Å²) in [6, 6.07) is 19.7.